The minimum absolute atomic E-state index is 0.550. The van der Waals surface area contributed by atoms with Crippen LogP contribution in [0.2, 0.25) is 0 Å². The maximum atomic E-state index is 5.72. The molecule has 0 amide bonds. The van der Waals surface area contributed by atoms with Gasteiger partial charge >= 0.3 is 0 Å². The maximum Gasteiger partial charge on any atom is 0.0666 e. The number of hydrogen-bond donors (Lipinski definition) is 1. The van der Waals surface area contributed by atoms with E-state index < -0.39 is 0 Å². The average molecular weight is 257 g/mol. The van der Waals surface area contributed by atoms with E-state index in [1.54, 1.807) is 0 Å². The fraction of sp³-hybridized carbons (Fsp3) is 1.00. The first-order chi connectivity index (χ1) is 8.40. The van der Waals surface area contributed by atoms with E-state index in [-0.39, 0.29) is 0 Å². The second-order valence-electron chi connectivity index (χ2n) is 5.35. The summed E-state index contributed by atoms with van der Waals surface area (Å²) in [6.45, 7) is 4.43. The number of nitrogens with one attached hydrogen (secondary N) is 1. The molecule has 0 aromatic carbocycles. The van der Waals surface area contributed by atoms with Gasteiger partial charge in [-0.3, -0.25) is 0 Å². The number of hydrogen-bond acceptors (Lipinski definition) is 3. The highest BCUT2D eigenvalue weighted by Gasteiger charge is 2.26. The van der Waals surface area contributed by atoms with Gasteiger partial charge in [-0.05, 0) is 38.6 Å². The summed E-state index contributed by atoms with van der Waals surface area (Å²) in [4.78, 5) is 0. The highest BCUT2D eigenvalue weighted by molar-refractivity contribution is 8.00. The van der Waals surface area contributed by atoms with Gasteiger partial charge in [0.1, 0.15) is 0 Å². The molecule has 1 saturated carbocycles. The summed E-state index contributed by atoms with van der Waals surface area (Å²) in [6, 6.07) is 0.759. The summed E-state index contributed by atoms with van der Waals surface area (Å²) in [6.07, 6.45) is 9.97. The van der Waals surface area contributed by atoms with Crippen molar-refractivity contribution in [2.75, 3.05) is 18.9 Å². The summed E-state index contributed by atoms with van der Waals surface area (Å²) in [5.74, 6) is 1.22. The molecule has 3 atom stereocenters. The van der Waals surface area contributed by atoms with E-state index in [0.717, 1.165) is 17.9 Å². The minimum Gasteiger partial charge on any atom is -0.377 e. The third-order valence-corrected chi connectivity index (χ3v) is 5.44. The Morgan fingerprint density at radius 2 is 2.06 bits per heavy atom. The first kappa shape index (κ1) is 13.7. The molecule has 2 aliphatic rings. The lowest BCUT2D eigenvalue weighted by molar-refractivity contribution is 0.128. The molecule has 0 aromatic rings. The Kier molecular flexibility index (Phi) is 6.16. The molecule has 3 heteroatoms. The summed E-state index contributed by atoms with van der Waals surface area (Å²) in [5, 5.41) is 4.57. The van der Waals surface area contributed by atoms with E-state index in [0.29, 0.717) is 6.10 Å². The summed E-state index contributed by atoms with van der Waals surface area (Å²) in [7, 11) is 0. The van der Waals surface area contributed by atoms with Crippen molar-refractivity contribution in [3.63, 3.8) is 0 Å². The van der Waals surface area contributed by atoms with Crippen molar-refractivity contribution in [3.8, 4) is 0 Å². The second kappa shape index (κ2) is 7.65. The van der Waals surface area contributed by atoms with Crippen molar-refractivity contribution in [2.24, 2.45) is 0 Å². The molecule has 2 rings (SSSR count). The van der Waals surface area contributed by atoms with Crippen LogP contribution in [-0.2, 0) is 4.74 Å². The Bertz CT molecular complexity index is 206. The van der Waals surface area contributed by atoms with Gasteiger partial charge in [0.2, 0.25) is 0 Å². The van der Waals surface area contributed by atoms with Gasteiger partial charge in [0.15, 0.2) is 0 Å². The normalized spacial score (nSPS) is 34.1. The topological polar surface area (TPSA) is 21.3 Å². The maximum absolute atomic E-state index is 5.72. The zero-order valence-corrected chi connectivity index (χ0v) is 11.9. The largest absolute Gasteiger partial charge is 0.377 e. The highest BCUT2D eigenvalue weighted by Crippen LogP contribution is 2.30. The summed E-state index contributed by atoms with van der Waals surface area (Å²) >= 11 is 2.17. The molecule has 0 aromatic heterocycles. The van der Waals surface area contributed by atoms with Gasteiger partial charge in [-0.1, -0.05) is 19.8 Å². The first-order valence-electron chi connectivity index (χ1n) is 7.36. The van der Waals surface area contributed by atoms with Crippen LogP contribution in [0.3, 0.4) is 0 Å². The van der Waals surface area contributed by atoms with Gasteiger partial charge in [-0.15, -0.1) is 0 Å². The molecule has 1 saturated heterocycles. The van der Waals surface area contributed by atoms with Gasteiger partial charge < -0.3 is 10.1 Å². The van der Waals surface area contributed by atoms with Crippen LogP contribution >= 0.6 is 11.8 Å². The zero-order chi connectivity index (χ0) is 11.9. The van der Waals surface area contributed by atoms with Gasteiger partial charge in [0, 0.05) is 23.7 Å². The molecule has 3 unspecified atom stereocenters. The molecule has 0 radical (unpaired) electrons. The van der Waals surface area contributed by atoms with E-state index in [2.05, 4.69) is 24.0 Å². The van der Waals surface area contributed by atoms with Crippen LogP contribution in [-0.4, -0.2) is 36.3 Å². The van der Waals surface area contributed by atoms with Crippen LogP contribution in [0.25, 0.3) is 0 Å². The third kappa shape index (κ3) is 4.46. The fourth-order valence-corrected chi connectivity index (χ4v) is 4.39. The van der Waals surface area contributed by atoms with E-state index in [1.165, 1.54) is 57.2 Å². The molecule has 100 valence electrons. The molecule has 2 fully saturated rings. The van der Waals surface area contributed by atoms with Crippen LogP contribution in [0.15, 0.2) is 0 Å². The quantitative estimate of drug-likeness (QED) is 0.789. The number of thioether (sulfide) groups is 1. The van der Waals surface area contributed by atoms with E-state index in [4.69, 9.17) is 4.74 Å². The molecular weight excluding hydrogens is 230 g/mol. The lowest BCUT2D eigenvalue weighted by atomic mass is 9.95. The first-order valence-corrected chi connectivity index (χ1v) is 8.41. The predicted molar refractivity (Wildman–Crippen MR) is 75.8 cm³/mol. The number of rotatable bonds is 6. The van der Waals surface area contributed by atoms with Crippen molar-refractivity contribution in [1.82, 2.24) is 5.32 Å². The molecular formula is C14H27NOS. The van der Waals surface area contributed by atoms with E-state index >= 15 is 0 Å². The molecule has 2 nitrogen and oxygen atoms in total. The minimum atomic E-state index is 0.550. The lowest BCUT2D eigenvalue weighted by Crippen LogP contribution is -2.41. The van der Waals surface area contributed by atoms with E-state index in [9.17, 15) is 0 Å². The van der Waals surface area contributed by atoms with Crippen molar-refractivity contribution >= 4 is 11.8 Å². The van der Waals surface area contributed by atoms with Crippen molar-refractivity contribution in [2.45, 2.75) is 69.3 Å². The molecule has 17 heavy (non-hydrogen) atoms. The Balaban J connectivity index is 1.71. The van der Waals surface area contributed by atoms with Crippen molar-refractivity contribution in [1.29, 1.82) is 0 Å². The Hall–Kier alpha value is 0.270. The standard InChI is InChI=1S/C14H27NOS/c1-2-9-15-13-7-3-4-8-14(13)17-11-12-6-5-10-16-12/h12-15H,2-11H2,1H3. The van der Waals surface area contributed by atoms with Crippen molar-refractivity contribution < 1.29 is 4.74 Å². The second-order valence-corrected chi connectivity index (χ2v) is 6.62. The Morgan fingerprint density at radius 1 is 1.18 bits per heavy atom. The van der Waals surface area contributed by atoms with Gasteiger partial charge in [-0.2, -0.15) is 11.8 Å². The Labute approximate surface area is 110 Å². The molecule has 1 aliphatic heterocycles. The van der Waals surface area contributed by atoms with Crippen LogP contribution in [0, 0.1) is 0 Å². The fourth-order valence-electron chi connectivity index (χ4n) is 2.87. The van der Waals surface area contributed by atoms with Crippen LogP contribution in [0.4, 0.5) is 0 Å². The van der Waals surface area contributed by atoms with Gasteiger partial charge in [0.25, 0.3) is 0 Å². The van der Waals surface area contributed by atoms with Crippen LogP contribution < -0.4 is 5.32 Å². The SMILES string of the molecule is CCCNC1CCCCC1SCC1CCCO1. The molecule has 0 bridgehead atoms. The smallest absolute Gasteiger partial charge is 0.0666 e. The van der Waals surface area contributed by atoms with Gasteiger partial charge in [0.05, 0.1) is 6.10 Å². The van der Waals surface area contributed by atoms with Crippen LogP contribution in [0.1, 0.15) is 51.9 Å². The Morgan fingerprint density at radius 3 is 2.82 bits per heavy atom. The zero-order valence-electron chi connectivity index (χ0n) is 11.1. The predicted octanol–water partition coefficient (Wildman–Crippen LogP) is 3.21. The monoisotopic (exact) mass is 257 g/mol. The lowest BCUT2D eigenvalue weighted by Gasteiger charge is -2.32. The third-order valence-electron chi connectivity index (χ3n) is 3.88. The van der Waals surface area contributed by atoms with Gasteiger partial charge in [-0.25, -0.2) is 0 Å². The van der Waals surface area contributed by atoms with Crippen LogP contribution in [0.5, 0.6) is 0 Å². The molecule has 1 N–H and O–H groups in total. The molecule has 0 spiro atoms. The summed E-state index contributed by atoms with van der Waals surface area (Å²) < 4.78 is 5.72. The highest BCUT2D eigenvalue weighted by atomic mass is 32.2. The molecule has 1 aliphatic carbocycles. The van der Waals surface area contributed by atoms with Crippen molar-refractivity contribution in [3.05, 3.63) is 0 Å². The number of ether oxygens (including phenoxy) is 1. The summed E-state index contributed by atoms with van der Waals surface area (Å²) in [5.41, 5.74) is 0. The molecule has 1 heterocycles. The average Bonchev–Trinajstić information content (AvgIpc) is 2.88. The van der Waals surface area contributed by atoms with E-state index in [1.807, 2.05) is 0 Å².